The molecule has 0 aromatic rings. The fraction of sp³-hybridized carbons (Fsp3) is 0.917. The predicted molar refractivity (Wildman–Crippen MR) is 62.9 cm³/mol. The molecule has 0 aliphatic rings. The molecule has 0 aliphatic carbocycles. The summed E-state index contributed by atoms with van der Waals surface area (Å²) in [4.78, 5) is 11.3. The first-order valence-corrected chi connectivity index (χ1v) is 5.85. The van der Waals surface area contributed by atoms with Crippen molar-refractivity contribution in [3.05, 3.63) is 0 Å². The normalized spacial score (nSPS) is 13.4. The van der Waals surface area contributed by atoms with Crippen molar-refractivity contribution >= 4 is 6.09 Å². The molecular formula is C12H25NO2. The smallest absolute Gasteiger partial charge is 0.407 e. The lowest BCUT2D eigenvalue weighted by molar-refractivity contribution is 0.135. The van der Waals surface area contributed by atoms with E-state index < -0.39 is 0 Å². The first-order valence-electron chi connectivity index (χ1n) is 5.85. The van der Waals surface area contributed by atoms with Crippen molar-refractivity contribution < 1.29 is 9.53 Å². The Morgan fingerprint density at radius 3 is 2.33 bits per heavy atom. The molecule has 0 rings (SSSR count). The standard InChI is InChI=1S/C12H25NO2/c1-6-8-9-10(12(3,4)5)13-11(14)15-7-2/h10H,6-9H2,1-5H3,(H,13,14). The van der Waals surface area contributed by atoms with E-state index >= 15 is 0 Å². The van der Waals surface area contributed by atoms with Gasteiger partial charge in [0, 0.05) is 6.04 Å². The molecule has 90 valence electrons. The topological polar surface area (TPSA) is 38.3 Å². The zero-order valence-electron chi connectivity index (χ0n) is 10.7. The van der Waals surface area contributed by atoms with Crippen LogP contribution in [0.2, 0.25) is 0 Å². The minimum atomic E-state index is -0.298. The van der Waals surface area contributed by atoms with Crippen LogP contribution in [-0.2, 0) is 4.74 Å². The van der Waals surface area contributed by atoms with E-state index in [0.29, 0.717) is 6.61 Å². The van der Waals surface area contributed by atoms with Gasteiger partial charge in [0.15, 0.2) is 0 Å². The van der Waals surface area contributed by atoms with Crippen LogP contribution in [0.3, 0.4) is 0 Å². The van der Waals surface area contributed by atoms with E-state index in [1.807, 2.05) is 6.92 Å². The summed E-state index contributed by atoms with van der Waals surface area (Å²) in [5.41, 5.74) is 0.0852. The number of carbonyl (C=O) groups is 1. The Morgan fingerprint density at radius 1 is 1.33 bits per heavy atom. The predicted octanol–water partition coefficient (Wildman–Crippen LogP) is 3.34. The molecule has 3 nitrogen and oxygen atoms in total. The Labute approximate surface area is 93.6 Å². The third kappa shape index (κ3) is 6.37. The number of carbonyl (C=O) groups excluding carboxylic acids is 1. The molecule has 0 bridgehead atoms. The number of unbranched alkanes of at least 4 members (excludes halogenated alkanes) is 1. The molecule has 0 fully saturated rings. The van der Waals surface area contributed by atoms with Gasteiger partial charge in [-0.1, -0.05) is 40.5 Å². The van der Waals surface area contributed by atoms with Gasteiger partial charge in [-0.05, 0) is 18.8 Å². The monoisotopic (exact) mass is 215 g/mol. The van der Waals surface area contributed by atoms with Crippen LogP contribution in [0.25, 0.3) is 0 Å². The van der Waals surface area contributed by atoms with E-state index in [1.165, 1.54) is 0 Å². The Kier molecular flexibility index (Phi) is 6.37. The molecule has 1 atom stereocenters. The summed E-state index contributed by atoms with van der Waals surface area (Å²) in [5.74, 6) is 0. The summed E-state index contributed by atoms with van der Waals surface area (Å²) >= 11 is 0. The molecule has 0 saturated heterocycles. The van der Waals surface area contributed by atoms with Gasteiger partial charge in [-0.3, -0.25) is 0 Å². The molecule has 0 saturated carbocycles. The van der Waals surface area contributed by atoms with E-state index in [2.05, 4.69) is 33.0 Å². The Balaban J connectivity index is 4.18. The van der Waals surface area contributed by atoms with Gasteiger partial charge in [0.2, 0.25) is 0 Å². The van der Waals surface area contributed by atoms with Crippen molar-refractivity contribution in [2.45, 2.75) is 59.9 Å². The van der Waals surface area contributed by atoms with Gasteiger partial charge >= 0.3 is 6.09 Å². The lowest BCUT2D eigenvalue weighted by atomic mass is 9.84. The third-order valence-corrected chi connectivity index (χ3v) is 2.46. The van der Waals surface area contributed by atoms with Crippen LogP contribution in [0.15, 0.2) is 0 Å². The number of rotatable bonds is 5. The van der Waals surface area contributed by atoms with Gasteiger partial charge in [-0.25, -0.2) is 4.79 Å². The minimum absolute atomic E-state index is 0.0852. The molecule has 3 heteroatoms. The van der Waals surface area contributed by atoms with E-state index in [9.17, 15) is 4.79 Å². The van der Waals surface area contributed by atoms with Crippen LogP contribution in [0, 0.1) is 5.41 Å². The quantitative estimate of drug-likeness (QED) is 0.764. The Hall–Kier alpha value is -0.730. The number of hydrogen-bond donors (Lipinski definition) is 1. The third-order valence-electron chi connectivity index (χ3n) is 2.46. The van der Waals surface area contributed by atoms with Crippen molar-refractivity contribution in [1.29, 1.82) is 0 Å². The van der Waals surface area contributed by atoms with Crippen LogP contribution in [0.5, 0.6) is 0 Å². The van der Waals surface area contributed by atoms with Crippen LogP contribution in [-0.4, -0.2) is 18.7 Å². The van der Waals surface area contributed by atoms with Crippen LogP contribution < -0.4 is 5.32 Å². The Morgan fingerprint density at radius 2 is 1.93 bits per heavy atom. The van der Waals surface area contributed by atoms with Gasteiger partial charge in [0.1, 0.15) is 0 Å². The second kappa shape index (κ2) is 6.70. The number of ether oxygens (including phenoxy) is 1. The molecular weight excluding hydrogens is 190 g/mol. The summed E-state index contributed by atoms with van der Waals surface area (Å²) in [6, 6.07) is 0.191. The molecule has 0 aliphatic heterocycles. The van der Waals surface area contributed by atoms with Crippen molar-refractivity contribution in [2.24, 2.45) is 5.41 Å². The van der Waals surface area contributed by atoms with Crippen molar-refractivity contribution in [2.75, 3.05) is 6.61 Å². The average Bonchev–Trinajstić information content (AvgIpc) is 2.10. The minimum Gasteiger partial charge on any atom is -0.450 e. The molecule has 0 aromatic carbocycles. The van der Waals surface area contributed by atoms with Gasteiger partial charge in [-0.2, -0.15) is 0 Å². The second-order valence-corrected chi connectivity index (χ2v) is 4.93. The van der Waals surface area contributed by atoms with Gasteiger partial charge in [0.05, 0.1) is 6.61 Å². The molecule has 0 spiro atoms. The molecule has 0 heterocycles. The van der Waals surface area contributed by atoms with Crippen LogP contribution >= 0.6 is 0 Å². The molecule has 1 N–H and O–H groups in total. The largest absolute Gasteiger partial charge is 0.450 e. The number of hydrogen-bond acceptors (Lipinski definition) is 2. The van der Waals surface area contributed by atoms with Crippen molar-refractivity contribution in [3.8, 4) is 0 Å². The molecule has 1 amide bonds. The molecule has 0 radical (unpaired) electrons. The fourth-order valence-corrected chi connectivity index (χ4v) is 1.44. The van der Waals surface area contributed by atoms with E-state index in [1.54, 1.807) is 0 Å². The van der Waals surface area contributed by atoms with Gasteiger partial charge in [0.25, 0.3) is 0 Å². The van der Waals surface area contributed by atoms with E-state index in [0.717, 1.165) is 19.3 Å². The van der Waals surface area contributed by atoms with Gasteiger partial charge in [-0.15, -0.1) is 0 Å². The fourth-order valence-electron chi connectivity index (χ4n) is 1.44. The van der Waals surface area contributed by atoms with E-state index in [4.69, 9.17) is 4.74 Å². The highest BCUT2D eigenvalue weighted by Gasteiger charge is 2.25. The number of alkyl carbamates (subject to hydrolysis) is 1. The molecule has 0 aromatic heterocycles. The lowest BCUT2D eigenvalue weighted by Gasteiger charge is -2.31. The molecule has 15 heavy (non-hydrogen) atoms. The first kappa shape index (κ1) is 14.3. The lowest BCUT2D eigenvalue weighted by Crippen LogP contribution is -2.43. The Bertz CT molecular complexity index is 185. The maximum Gasteiger partial charge on any atom is 0.407 e. The van der Waals surface area contributed by atoms with Crippen LogP contribution in [0.4, 0.5) is 4.79 Å². The summed E-state index contributed by atoms with van der Waals surface area (Å²) in [5, 5.41) is 2.93. The second-order valence-electron chi connectivity index (χ2n) is 4.93. The number of amides is 1. The summed E-state index contributed by atoms with van der Waals surface area (Å²) < 4.78 is 4.90. The zero-order chi connectivity index (χ0) is 11.9. The zero-order valence-corrected chi connectivity index (χ0v) is 10.7. The highest BCUT2D eigenvalue weighted by atomic mass is 16.5. The highest BCUT2D eigenvalue weighted by Crippen LogP contribution is 2.23. The summed E-state index contributed by atoms with van der Waals surface area (Å²) in [6.07, 6.45) is 3.00. The molecule has 1 unspecified atom stereocenters. The maximum absolute atomic E-state index is 11.3. The van der Waals surface area contributed by atoms with Gasteiger partial charge < -0.3 is 10.1 Å². The van der Waals surface area contributed by atoms with Crippen LogP contribution in [0.1, 0.15) is 53.9 Å². The summed E-state index contributed by atoms with van der Waals surface area (Å²) in [6.45, 7) is 10.8. The van der Waals surface area contributed by atoms with Crippen molar-refractivity contribution in [1.82, 2.24) is 5.32 Å². The maximum atomic E-state index is 11.3. The van der Waals surface area contributed by atoms with E-state index in [-0.39, 0.29) is 17.6 Å². The summed E-state index contributed by atoms with van der Waals surface area (Å²) in [7, 11) is 0. The number of nitrogens with one attached hydrogen (secondary N) is 1. The first-order chi connectivity index (χ1) is 6.91. The average molecular weight is 215 g/mol. The highest BCUT2D eigenvalue weighted by molar-refractivity contribution is 5.67. The SMILES string of the molecule is CCCCC(NC(=O)OCC)C(C)(C)C. The van der Waals surface area contributed by atoms with Crippen molar-refractivity contribution in [3.63, 3.8) is 0 Å².